The van der Waals surface area contributed by atoms with E-state index in [1.54, 1.807) is 18.5 Å². The Labute approximate surface area is 97.8 Å². The number of aromatic amines is 1. The molecule has 0 fully saturated rings. The average Bonchev–Trinajstić information content (AvgIpc) is 2.78. The summed E-state index contributed by atoms with van der Waals surface area (Å²) in [5.41, 5.74) is 2.68. The van der Waals surface area contributed by atoms with Crippen LogP contribution in [0.25, 0.3) is 0 Å². The van der Waals surface area contributed by atoms with Crippen molar-refractivity contribution in [2.45, 2.75) is 13.5 Å². The van der Waals surface area contributed by atoms with Crippen molar-refractivity contribution in [3.8, 4) is 0 Å². The van der Waals surface area contributed by atoms with Gasteiger partial charge in [0, 0.05) is 36.1 Å². The molecule has 1 aromatic carbocycles. The fraction of sp³-hybridized carbons (Fsp3) is 0.182. The van der Waals surface area contributed by atoms with Crippen LogP contribution >= 0.6 is 0 Å². The molecule has 2 rings (SSSR count). The average molecular weight is 232 g/mol. The van der Waals surface area contributed by atoms with Gasteiger partial charge in [-0.25, -0.2) is 0 Å². The van der Waals surface area contributed by atoms with Crippen molar-refractivity contribution in [3.63, 3.8) is 0 Å². The third kappa shape index (κ3) is 2.81. The lowest BCUT2D eigenvalue weighted by molar-refractivity contribution is -0.384. The Bertz CT molecular complexity index is 522. The Balaban J connectivity index is 2.13. The number of anilines is 1. The zero-order chi connectivity index (χ0) is 12.3. The molecule has 0 radical (unpaired) electrons. The summed E-state index contributed by atoms with van der Waals surface area (Å²) < 4.78 is 0. The van der Waals surface area contributed by atoms with E-state index in [4.69, 9.17) is 0 Å². The van der Waals surface area contributed by atoms with Gasteiger partial charge in [-0.15, -0.1) is 0 Å². The Hall–Kier alpha value is -2.37. The smallest absolute Gasteiger partial charge is 0.271 e. The minimum Gasteiger partial charge on any atom is -0.381 e. The van der Waals surface area contributed by atoms with E-state index in [2.05, 4.69) is 15.5 Å². The molecule has 0 saturated carbocycles. The quantitative estimate of drug-likeness (QED) is 0.625. The summed E-state index contributed by atoms with van der Waals surface area (Å²) >= 11 is 0. The molecule has 0 aliphatic carbocycles. The largest absolute Gasteiger partial charge is 0.381 e. The highest BCUT2D eigenvalue weighted by Gasteiger charge is 2.07. The molecule has 0 atom stereocenters. The third-order valence-corrected chi connectivity index (χ3v) is 2.32. The number of aromatic nitrogens is 2. The normalized spacial score (nSPS) is 10.2. The molecule has 88 valence electrons. The number of hydrogen-bond acceptors (Lipinski definition) is 4. The highest BCUT2D eigenvalue weighted by Crippen LogP contribution is 2.20. The molecule has 0 bridgehead atoms. The Morgan fingerprint density at radius 3 is 2.94 bits per heavy atom. The molecular formula is C11H12N4O2. The van der Waals surface area contributed by atoms with Crippen molar-refractivity contribution in [2.75, 3.05) is 5.32 Å². The lowest BCUT2D eigenvalue weighted by Gasteiger charge is -2.05. The van der Waals surface area contributed by atoms with Crippen LogP contribution in [0.15, 0.2) is 30.6 Å². The first-order chi connectivity index (χ1) is 8.15. The lowest BCUT2D eigenvalue weighted by Crippen LogP contribution is -1.99. The van der Waals surface area contributed by atoms with Gasteiger partial charge in [0.15, 0.2) is 0 Å². The van der Waals surface area contributed by atoms with Gasteiger partial charge in [-0.1, -0.05) is 0 Å². The van der Waals surface area contributed by atoms with Gasteiger partial charge in [0.2, 0.25) is 0 Å². The molecular weight excluding hydrogens is 220 g/mol. The number of non-ortho nitro benzene ring substituents is 1. The molecule has 0 amide bonds. The van der Waals surface area contributed by atoms with E-state index < -0.39 is 4.92 Å². The van der Waals surface area contributed by atoms with Crippen LogP contribution in [-0.4, -0.2) is 15.1 Å². The molecule has 6 heteroatoms. The zero-order valence-corrected chi connectivity index (χ0v) is 9.30. The van der Waals surface area contributed by atoms with Crippen LogP contribution < -0.4 is 5.32 Å². The first-order valence-electron chi connectivity index (χ1n) is 5.13. The van der Waals surface area contributed by atoms with Crippen molar-refractivity contribution in [3.05, 3.63) is 51.8 Å². The van der Waals surface area contributed by atoms with Crippen molar-refractivity contribution < 1.29 is 4.92 Å². The van der Waals surface area contributed by atoms with Gasteiger partial charge in [0.25, 0.3) is 5.69 Å². The van der Waals surface area contributed by atoms with Gasteiger partial charge in [-0.05, 0) is 18.6 Å². The maximum absolute atomic E-state index is 10.7. The second-order valence-corrected chi connectivity index (χ2v) is 3.77. The van der Waals surface area contributed by atoms with E-state index in [1.807, 2.05) is 13.0 Å². The summed E-state index contributed by atoms with van der Waals surface area (Å²) in [7, 11) is 0. The van der Waals surface area contributed by atoms with Crippen molar-refractivity contribution >= 4 is 11.4 Å². The van der Waals surface area contributed by atoms with Crippen LogP contribution in [0, 0.1) is 17.0 Å². The molecule has 0 aliphatic heterocycles. The second-order valence-electron chi connectivity index (χ2n) is 3.77. The first kappa shape index (κ1) is 11.1. The van der Waals surface area contributed by atoms with E-state index in [0.717, 1.165) is 16.8 Å². The summed E-state index contributed by atoms with van der Waals surface area (Å²) in [5.74, 6) is 0. The molecule has 2 aromatic rings. The van der Waals surface area contributed by atoms with Crippen molar-refractivity contribution in [1.82, 2.24) is 10.2 Å². The Morgan fingerprint density at radius 2 is 2.29 bits per heavy atom. The van der Waals surface area contributed by atoms with Gasteiger partial charge in [-0.3, -0.25) is 15.2 Å². The van der Waals surface area contributed by atoms with Crippen molar-refractivity contribution in [1.29, 1.82) is 0 Å². The lowest BCUT2D eigenvalue weighted by atomic mass is 10.2. The van der Waals surface area contributed by atoms with Gasteiger partial charge in [0.05, 0.1) is 11.1 Å². The number of rotatable bonds is 4. The predicted molar refractivity (Wildman–Crippen MR) is 63.7 cm³/mol. The van der Waals surface area contributed by atoms with Gasteiger partial charge >= 0.3 is 0 Å². The Kier molecular flexibility index (Phi) is 3.04. The number of aryl methyl sites for hydroxylation is 1. The molecule has 0 aliphatic rings. The predicted octanol–water partition coefficient (Wildman–Crippen LogP) is 2.24. The van der Waals surface area contributed by atoms with E-state index in [-0.39, 0.29) is 5.69 Å². The number of nitrogens with zero attached hydrogens (tertiary/aromatic N) is 2. The van der Waals surface area contributed by atoms with E-state index >= 15 is 0 Å². The first-order valence-corrected chi connectivity index (χ1v) is 5.13. The maximum atomic E-state index is 10.7. The van der Waals surface area contributed by atoms with Crippen LogP contribution in [0.2, 0.25) is 0 Å². The molecule has 0 saturated heterocycles. The minimum atomic E-state index is -0.393. The molecule has 0 spiro atoms. The zero-order valence-electron chi connectivity index (χ0n) is 9.30. The summed E-state index contributed by atoms with van der Waals surface area (Å²) in [6, 6.07) is 4.93. The summed E-state index contributed by atoms with van der Waals surface area (Å²) in [6.07, 6.45) is 3.48. The number of hydrogen-bond donors (Lipinski definition) is 2. The summed E-state index contributed by atoms with van der Waals surface area (Å²) in [5, 5.41) is 20.4. The Morgan fingerprint density at radius 1 is 1.47 bits per heavy atom. The van der Waals surface area contributed by atoms with E-state index in [0.29, 0.717) is 6.54 Å². The van der Waals surface area contributed by atoms with Crippen LogP contribution in [0.5, 0.6) is 0 Å². The maximum Gasteiger partial charge on any atom is 0.271 e. The molecule has 1 aromatic heterocycles. The molecule has 1 heterocycles. The molecule has 0 unspecified atom stereocenters. The van der Waals surface area contributed by atoms with Crippen LogP contribution in [0.4, 0.5) is 11.4 Å². The van der Waals surface area contributed by atoms with E-state index in [9.17, 15) is 10.1 Å². The van der Waals surface area contributed by atoms with Gasteiger partial charge in [-0.2, -0.15) is 5.10 Å². The highest BCUT2D eigenvalue weighted by molar-refractivity contribution is 5.53. The molecule has 6 nitrogen and oxygen atoms in total. The highest BCUT2D eigenvalue weighted by atomic mass is 16.6. The van der Waals surface area contributed by atoms with Crippen molar-refractivity contribution in [2.24, 2.45) is 0 Å². The van der Waals surface area contributed by atoms with Crippen LogP contribution in [0.3, 0.4) is 0 Å². The number of nitro groups is 1. The number of nitrogens with one attached hydrogen (secondary N) is 2. The van der Waals surface area contributed by atoms with E-state index in [1.165, 1.54) is 6.07 Å². The van der Waals surface area contributed by atoms with Gasteiger partial charge < -0.3 is 5.32 Å². The van der Waals surface area contributed by atoms with Crippen LogP contribution in [-0.2, 0) is 6.54 Å². The standard InChI is InChI=1S/C11H12N4O2/c1-8-2-10(4-11(3-8)15(16)17)12-5-9-6-13-14-7-9/h2-4,6-7,12H,5H2,1H3,(H,13,14). The topological polar surface area (TPSA) is 83.8 Å². The van der Waals surface area contributed by atoms with Crippen LogP contribution in [0.1, 0.15) is 11.1 Å². The minimum absolute atomic E-state index is 0.0969. The fourth-order valence-corrected chi connectivity index (χ4v) is 1.55. The summed E-state index contributed by atoms with van der Waals surface area (Å²) in [6.45, 7) is 2.41. The molecule has 17 heavy (non-hydrogen) atoms. The summed E-state index contributed by atoms with van der Waals surface area (Å²) in [4.78, 5) is 10.3. The third-order valence-electron chi connectivity index (χ3n) is 2.32. The van der Waals surface area contributed by atoms with Gasteiger partial charge in [0.1, 0.15) is 0 Å². The number of benzene rings is 1. The SMILES string of the molecule is Cc1cc(NCc2cn[nH]c2)cc([N+](=O)[O-])c1. The monoisotopic (exact) mass is 232 g/mol. The molecule has 2 N–H and O–H groups in total. The number of H-pyrrole nitrogens is 1. The second kappa shape index (κ2) is 4.65. The fourth-order valence-electron chi connectivity index (χ4n) is 1.55. The number of nitro benzene ring substituents is 1.